The molecule has 7 nitrogen and oxygen atoms in total. The van der Waals surface area contributed by atoms with Gasteiger partial charge in [-0.1, -0.05) is 0 Å². The highest BCUT2D eigenvalue weighted by molar-refractivity contribution is 7.12. The van der Waals surface area contributed by atoms with Gasteiger partial charge in [0.05, 0.1) is 11.4 Å². The Hall–Kier alpha value is -2.74. The second kappa shape index (κ2) is 6.79. The number of nitrogens with zero attached hydrogens (tertiary/aromatic N) is 3. The summed E-state index contributed by atoms with van der Waals surface area (Å²) >= 11 is 1.51. The highest BCUT2D eigenvalue weighted by Crippen LogP contribution is 2.17. The minimum Gasteiger partial charge on any atom is -0.351 e. The predicted octanol–water partition coefficient (Wildman–Crippen LogP) is 1.61. The lowest BCUT2D eigenvalue weighted by Crippen LogP contribution is -2.30. The molecule has 0 fully saturated rings. The van der Waals surface area contributed by atoms with Gasteiger partial charge in [-0.05, 0) is 32.0 Å². The molecule has 0 aliphatic carbocycles. The van der Waals surface area contributed by atoms with Crippen LogP contribution in [-0.2, 0) is 6.42 Å². The molecule has 0 radical (unpaired) electrons. The number of rotatable bonds is 5. The molecule has 0 aromatic carbocycles. The molecule has 0 saturated heterocycles. The van der Waals surface area contributed by atoms with Crippen molar-refractivity contribution in [3.8, 4) is 5.13 Å². The molecule has 0 unspecified atom stereocenters. The van der Waals surface area contributed by atoms with Crippen molar-refractivity contribution in [1.29, 1.82) is 0 Å². The summed E-state index contributed by atoms with van der Waals surface area (Å²) in [6.07, 6.45) is 2.08. The van der Waals surface area contributed by atoms with Crippen LogP contribution in [0.1, 0.15) is 27.4 Å². The Morgan fingerprint density at radius 2 is 2.25 bits per heavy atom. The second-order valence-corrected chi connectivity index (χ2v) is 6.22. The quantitative estimate of drug-likeness (QED) is 0.736. The van der Waals surface area contributed by atoms with Gasteiger partial charge in [-0.15, -0.1) is 11.3 Å². The number of nitrogens with one attached hydrogen (secondary N) is 2. The minimum atomic E-state index is -0.393. The maximum atomic E-state index is 12.0. The monoisotopic (exact) mass is 343 g/mol. The van der Waals surface area contributed by atoms with E-state index in [4.69, 9.17) is 0 Å². The average molecular weight is 343 g/mol. The molecule has 0 spiro atoms. The van der Waals surface area contributed by atoms with Gasteiger partial charge < -0.3 is 10.3 Å². The van der Waals surface area contributed by atoms with E-state index in [0.717, 1.165) is 22.2 Å². The summed E-state index contributed by atoms with van der Waals surface area (Å²) < 4.78 is 1.81. The molecule has 3 aromatic rings. The zero-order valence-corrected chi connectivity index (χ0v) is 14.2. The predicted molar refractivity (Wildman–Crippen MR) is 91.8 cm³/mol. The van der Waals surface area contributed by atoms with Crippen molar-refractivity contribution in [3.05, 3.63) is 62.8 Å². The smallest absolute Gasteiger partial charge is 0.260 e. The van der Waals surface area contributed by atoms with E-state index in [-0.39, 0.29) is 11.5 Å². The maximum Gasteiger partial charge on any atom is 0.260 e. The van der Waals surface area contributed by atoms with Crippen LogP contribution in [0.5, 0.6) is 0 Å². The topological polar surface area (TPSA) is 92.7 Å². The van der Waals surface area contributed by atoms with Crippen molar-refractivity contribution in [2.24, 2.45) is 0 Å². The Kier molecular flexibility index (Phi) is 4.57. The van der Waals surface area contributed by atoms with Crippen LogP contribution in [0.25, 0.3) is 5.13 Å². The molecule has 0 aliphatic heterocycles. The third-order valence-corrected chi connectivity index (χ3v) is 4.32. The lowest BCUT2D eigenvalue weighted by Gasteiger charge is -2.03. The lowest BCUT2D eigenvalue weighted by atomic mass is 10.2. The van der Waals surface area contributed by atoms with Crippen molar-refractivity contribution in [1.82, 2.24) is 25.1 Å². The Morgan fingerprint density at radius 1 is 1.42 bits per heavy atom. The van der Waals surface area contributed by atoms with Crippen LogP contribution in [0.3, 0.4) is 0 Å². The number of hydrogen-bond donors (Lipinski definition) is 2. The van der Waals surface area contributed by atoms with Gasteiger partial charge in [-0.2, -0.15) is 5.10 Å². The minimum absolute atomic E-state index is 0.110. The molecule has 3 heterocycles. The van der Waals surface area contributed by atoms with Gasteiger partial charge in [0.1, 0.15) is 5.56 Å². The molecule has 8 heteroatoms. The summed E-state index contributed by atoms with van der Waals surface area (Å²) in [4.78, 5) is 30.5. The first kappa shape index (κ1) is 16.1. The maximum absolute atomic E-state index is 12.0. The van der Waals surface area contributed by atoms with Crippen LogP contribution >= 0.6 is 11.3 Å². The van der Waals surface area contributed by atoms with Gasteiger partial charge in [0.15, 0.2) is 0 Å². The first-order valence-corrected chi connectivity index (χ1v) is 8.36. The second-order valence-electron chi connectivity index (χ2n) is 5.38. The standard InChI is InChI=1S/C16H17N5O2S/c1-10-8-11(2)21(20-10)16-19-12(9-24-16)5-7-18-15(23)13-4-3-6-17-14(13)22/h3-4,6,8-9H,5,7H2,1-2H3,(H,17,22)(H,18,23). The lowest BCUT2D eigenvalue weighted by molar-refractivity contribution is 0.0952. The van der Waals surface area contributed by atoms with Crippen molar-refractivity contribution >= 4 is 17.2 Å². The van der Waals surface area contributed by atoms with Gasteiger partial charge in [0.2, 0.25) is 5.13 Å². The molecule has 0 aliphatic rings. The highest BCUT2D eigenvalue weighted by atomic mass is 32.1. The van der Waals surface area contributed by atoms with Gasteiger partial charge in [-0.25, -0.2) is 9.67 Å². The number of H-pyrrole nitrogens is 1. The van der Waals surface area contributed by atoms with Crippen LogP contribution in [0.2, 0.25) is 0 Å². The van der Waals surface area contributed by atoms with E-state index < -0.39 is 5.56 Å². The first-order chi connectivity index (χ1) is 11.5. The molecule has 3 rings (SSSR count). The molecule has 124 valence electrons. The van der Waals surface area contributed by atoms with Crippen LogP contribution < -0.4 is 10.9 Å². The largest absolute Gasteiger partial charge is 0.351 e. The summed E-state index contributed by atoms with van der Waals surface area (Å²) in [5, 5.41) is 9.90. The molecule has 24 heavy (non-hydrogen) atoms. The number of carbonyl (C=O) groups excluding carboxylic acids is 1. The van der Waals surface area contributed by atoms with E-state index in [0.29, 0.717) is 13.0 Å². The summed E-state index contributed by atoms with van der Waals surface area (Å²) in [6.45, 7) is 4.34. The number of amides is 1. The van der Waals surface area contributed by atoms with Crippen LogP contribution in [0.15, 0.2) is 34.6 Å². The molecule has 0 bridgehead atoms. The zero-order chi connectivity index (χ0) is 17.1. The molecule has 3 aromatic heterocycles. The van der Waals surface area contributed by atoms with Crippen molar-refractivity contribution in [2.75, 3.05) is 6.54 Å². The van der Waals surface area contributed by atoms with Crippen molar-refractivity contribution in [3.63, 3.8) is 0 Å². The summed E-state index contributed by atoms with van der Waals surface area (Å²) in [6, 6.07) is 5.12. The Bertz CT molecular complexity index is 924. The van der Waals surface area contributed by atoms with E-state index in [1.807, 2.05) is 30.0 Å². The molecule has 1 amide bonds. The molecular weight excluding hydrogens is 326 g/mol. The number of aromatic nitrogens is 4. The van der Waals surface area contributed by atoms with E-state index >= 15 is 0 Å². The van der Waals surface area contributed by atoms with Gasteiger partial charge in [0, 0.05) is 30.2 Å². The van der Waals surface area contributed by atoms with Crippen molar-refractivity contribution in [2.45, 2.75) is 20.3 Å². The van der Waals surface area contributed by atoms with Crippen LogP contribution in [0, 0.1) is 13.8 Å². The number of hydrogen-bond acceptors (Lipinski definition) is 5. The SMILES string of the molecule is Cc1cc(C)n(-c2nc(CCNC(=O)c3ccc[nH]c3=O)cs2)n1. The number of thiazole rings is 1. The van der Waals surface area contributed by atoms with E-state index in [1.54, 1.807) is 6.07 Å². The number of aromatic amines is 1. The average Bonchev–Trinajstić information content (AvgIpc) is 3.13. The molecule has 0 atom stereocenters. The van der Waals surface area contributed by atoms with Gasteiger partial charge >= 0.3 is 0 Å². The van der Waals surface area contributed by atoms with Crippen molar-refractivity contribution < 1.29 is 4.79 Å². The van der Waals surface area contributed by atoms with Gasteiger partial charge in [-0.3, -0.25) is 9.59 Å². The van der Waals surface area contributed by atoms with Crippen LogP contribution in [-0.4, -0.2) is 32.2 Å². The Labute approximate surface area is 142 Å². The molecule has 2 N–H and O–H groups in total. The van der Waals surface area contributed by atoms with Crippen LogP contribution in [0.4, 0.5) is 0 Å². The Morgan fingerprint density at radius 3 is 2.96 bits per heavy atom. The fraction of sp³-hybridized carbons (Fsp3) is 0.250. The summed E-state index contributed by atoms with van der Waals surface area (Å²) in [5.74, 6) is -0.383. The van der Waals surface area contributed by atoms with E-state index in [1.165, 1.54) is 23.6 Å². The third-order valence-electron chi connectivity index (χ3n) is 3.46. The molecule has 0 saturated carbocycles. The van der Waals surface area contributed by atoms with Gasteiger partial charge in [0.25, 0.3) is 11.5 Å². The summed E-state index contributed by atoms with van der Waals surface area (Å²) in [7, 11) is 0. The first-order valence-electron chi connectivity index (χ1n) is 7.48. The van der Waals surface area contributed by atoms with E-state index in [9.17, 15) is 9.59 Å². The number of pyridine rings is 1. The van der Waals surface area contributed by atoms with E-state index in [2.05, 4.69) is 20.4 Å². The highest BCUT2D eigenvalue weighted by Gasteiger charge is 2.11. The fourth-order valence-electron chi connectivity index (χ4n) is 2.33. The third kappa shape index (κ3) is 3.43. The molecular formula is C16H17N5O2S. The Balaban J connectivity index is 1.60. The summed E-state index contributed by atoms with van der Waals surface area (Å²) in [5.41, 5.74) is 2.58. The normalized spacial score (nSPS) is 10.8. The number of carbonyl (C=O) groups is 1. The fourth-order valence-corrected chi connectivity index (χ4v) is 3.20. The zero-order valence-electron chi connectivity index (χ0n) is 13.4. The number of aryl methyl sites for hydroxylation is 2.